The molecule has 1 amide bonds. The first-order valence-corrected chi connectivity index (χ1v) is 8.01. The standard InChI is InChI=1S/C19H15N5O2/c25-19(15-6-8-16(9-7-15)24-14-20-13-22-24)23(12-17-4-3-11-26-17)18-5-1-2-10-21-18/h1-11,13-14H,12H2. The Hall–Kier alpha value is -3.74. The summed E-state index contributed by atoms with van der Waals surface area (Å²) in [5, 5.41) is 4.08. The largest absolute Gasteiger partial charge is 0.467 e. The van der Waals surface area contributed by atoms with E-state index in [1.165, 1.54) is 6.33 Å². The molecule has 0 saturated heterocycles. The first kappa shape index (κ1) is 15.8. The molecule has 0 spiro atoms. The van der Waals surface area contributed by atoms with Crippen LogP contribution >= 0.6 is 0 Å². The molecule has 0 unspecified atom stereocenters. The van der Waals surface area contributed by atoms with E-state index in [2.05, 4.69) is 15.1 Å². The number of aromatic nitrogens is 4. The normalized spacial score (nSPS) is 10.6. The molecule has 0 aliphatic rings. The first-order valence-electron chi connectivity index (χ1n) is 8.01. The van der Waals surface area contributed by atoms with Crippen LogP contribution in [0.3, 0.4) is 0 Å². The Kier molecular flexibility index (Phi) is 4.26. The van der Waals surface area contributed by atoms with Gasteiger partial charge in [-0.05, 0) is 48.5 Å². The topological polar surface area (TPSA) is 77.0 Å². The van der Waals surface area contributed by atoms with E-state index in [-0.39, 0.29) is 5.91 Å². The van der Waals surface area contributed by atoms with Crippen LogP contribution in [0.1, 0.15) is 16.1 Å². The third-order valence-corrected chi connectivity index (χ3v) is 3.86. The van der Waals surface area contributed by atoms with Crippen LogP contribution in [0.5, 0.6) is 0 Å². The number of carbonyl (C=O) groups excluding carboxylic acids is 1. The molecular formula is C19H15N5O2. The zero-order valence-corrected chi connectivity index (χ0v) is 13.8. The van der Waals surface area contributed by atoms with Gasteiger partial charge in [0.05, 0.1) is 18.5 Å². The van der Waals surface area contributed by atoms with Gasteiger partial charge in [0.25, 0.3) is 5.91 Å². The Morgan fingerprint density at radius 3 is 2.62 bits per heavy atom. The second kappa shape index (κ2) is 7.02. The van der Waals surface area contributed by atoms with E-state index in [0.29, 0.717) is 23.7 Å². The molecule has 0 saturated carbocycles. The summed E-state index contributed by atoms with van der Waals surface area (Å²) >= 11 is 0. The van der Waals surface area contributed by atoms with Gasteiger partial charge in [0, 0.05) is 11.8 Å². The molecular weight excluding hydrogens is 330 g/mol. The maximum Gasteiger partial charge on any atom is 0.259 e. The fourth-order valence-corrected chi connectivity index (χ4v) is 2.58. The summed E-state index contributed by atoms with van der Waals surface area (Å²) in [6, 6.07) is 16.3. The lowest BCUT2D eigenvalue weighted by molar-refractivity contribution is 0.0982. The number of rotatable bonds is 5. The van der Waals surface area contributed by atoms with Crippen LogP contribution in [0.4, 0.5) is 5.82 Å². The molecule has 7 nitrogen and oxygen atoms in total. The molecule has 0 atom stereocenters. The van der Waals surface area contributed by atoms with E-state index >= 15 is 0 Å². The van der Waals surface area contributed by atoms with Crippen LogP contribution in [0.25, 0.3) is 5.69 Å². The van der Waals surface area contributed by atoms with Gasteiger partial charge in [-0.25, -0.2) is 14.6 Å². The molecule has 0 fully saturated rings. The van der Waals surface area contributed by atoms with Gasteiger partial charge in [0.1, 0.15) is 24.2 Å². The van der Waals surface area contributed by atoms with Crippen molar-refractivity contribution < 1.29 is 9.21 Å². The van der Waals surface area contributed by atoms with Crippen LogP contribution < -0.4 is 4.90 Å². The molecule has 3 aromatic heterocycles. The van der Waals surface area contributed by atoms with Crippen LogP contribution in [0.15, 0.2) is 84.1 Å². The smallest absolute Gasteiger partial charge is 0.259 e. The Balaban J connectivity index is 1.63. The summed E-state index contributed by atoms with van der Waals surface area (Å²) in [7, 11) is 0. The minimum absolute atomic E-state index is 0.162. The number of amides is 1. The molecule has 0 aliphatic heterocycles. The van der Waals surface area contributed by atoms with Gasteiger partial charge in [0.2, 0.25) is 0 Å². The average molecular weight is 345 g/mol. The lowest BCUT2D eigenvalue weighted by Crippen LogP contribution is -2.31. The highest BCUT2D eigenvalue weighted by atomic mass is 16.3. The maximum atomic E-state index is 13.1. The van der Waals surface area contributed by atoms with Crippen molar-refractivity contribution in [2.75, 3.05) is 4.90 Å². The van der Waals surface area contributed by atoms with E-state index in [1.54, 1.807) is 52.6 Å². The first-order chi connectivity index (χ1) is 12.8. The number of carbonyl (C=O) groups is 1. The predicted octanol–water partition coefficient (Wildman–Crippen LogP) is 3.10. The Labute approximate surface area is 149 Å². The lowest BCUT2D eigenvalue weighted by Gasteiger charge is -2.21. The number of hydrogen-bond acceptors (Lipinski definition) is 5. The van der Waals surface area contributed by atoms with E-state index in [0.717, 1.165) is 5.69 Å². The quantitative estimate of drug-likeness (QED) is 0.555. The second-order valence-corrected chi connectivity index (χ2v) is 5.55. The number of anilines is 1. The van der Waals surface area contributed by atoms with E-state index in [9.17, 15) is 4.79 Å². The third kappa shape index (κ3) is 3.23. The molecule has 4 aromatic rings. The zero-order valence-electron chi connectivity index (χ0n) is 13.8. The van der Waals surface area contributed by atoms with E-state index in [4.69, 9.17) is 4.42 Å². The van der Waals surface area contributed by atoms with Crippen LogP contribution in [0, 0.1) is 0 Å². The fraction of sp³-hybridized carbons (Fsp3) is 0.0526. The van der Waals surface area contributed by atoms with Crippen molar-refractivity contribution in [3.8, 4) is 5.69 Å². The Morgan fingerprint density at radius 1 is 1.08 bits per heavy atom. The molecule has 0 radical (unpaired) electrons. The Morgan fingerprint density at radius 2 is 1.96 bits per heavy atom. The molecule has 4 rings (SSSR count). The summed E-state index contributed by atoms with van der Waals surface area (Å²) < 4.78 is 7.03. The van der Waals surface area contributed by atoms with Gasteiger partial charge in [-0.2, -0.15) is 5.10 Å². The molecule has 0 N–H and O–H groups in total. The summed E-state index contributed by atoms with van der Waals surface area (Å²) in [6.07, 6.45) is 6.31. The van der Waals surface area contributed by atoms with Gasteiger partial charge in [-0.15, -0.1) is 0 Å². The number of furan rings is 1. The lowest BCUT2D eigenvalue weighted by atomic mass is 10.1. The summed E-state index contributed by atoms with van der Waals surface area (Å²) in [4.78, 5) is 22.9. The SMILES string of the molecule is O=C(c1ccc(-n2cncn2)cc1)N(Cc1ccco1)c1ccccn1. The number of pyridine rings is 1. The van der Waals surface area contributed by atoms with Crippen molar-refractivity contribution in [3.05, 3.63) is 91.0 Å². The molecule has 128 valence electrons. The van der Waals surface area contributed by atoms with Gasteiger partial charge < -0.3 is 4.42 Å². The Bertz CT molecular complexity index is 965. The molecule has 26 heavy (non-hydrogen) atoms. The highest BCUT2D eigenvalue weighted by Gasteiger charge is 2.20. The fourth-order valence-electron chi connectivity index (χ4n) is 2.58. The maximum absolute atomic E-state index is 13.1. The predicted molar refractivity (Wildman–Crippen MR) is 94.8 cm³/mol. The number of benzene rings is 1. The highest BCUT2D eigenvalue weighted by molar-refractivity contribution is 6.05. The van der Waals surface area contributed by atoms with Crippen molar-refractivity contribution >= 4 is 11.7 Å². The van der Waals surface area contributed by atoms with E-state index in [1.807, 2.05) is 30.3 Å². The summed E-state index contributed by atoms with van der Waals surface area (Å²) in [5.41, 5.74) is 1.38. The molecule has 1 aromatic carbocycles. The second-order valence-electron chi connectivity index (χ2n) is 5.55. The van der Waals surface area contributed by atoms with Crippen molar-refractivity contribution in [1.29, 1.82) is 0 Å². The molecule has 0 bridgehead atoms. The minimum Gasteiger partial charge on any atom is -0.467 e. The van der Waals surface area contributed by atoms with Crippen molar-refractivity contribution in [2.45, 2.75) is 6.54 Å². The monoisotopic (exact) mass is 345 g/mol. The molecule has 0 aliphatic carbocycles. The third-order valence-electron chi connectivity index (χ3n) is 3.86. The summed E-state index contributed by atoms with van der Waals surface area (Å²) in [6.45, 7) is 0.299. The van der Waals surface area contributed by atoms with Gasteiger partial charge in [0.15, 0.2) is 0 Å². The minimum atomic E-state index is -0.162. The average Bonchev–Trinajstić information content (AvgIpc) is 3.40. The van der Waals surface area contributed by atoms with E-state index < -0.39 is 0 Å². The number of nitrogens with zero attached hydrogens (tertiary/aromatic N) is 5. The van der Waals surface area contributed by atoms with Crippen LogP contribution in [-0.2, 0) is 6.54 Å². The molecule has 7 heteroatoms. The molecule has 3 heterocycles. The number of hydrogen-bond donors (Lipinski definition) is 0. The highest BCUT2D eigenvalue weighted by Crippen LogP contribution is 2.19. The van der Waals surface area contributed by atoms with Crippen molar-refractivity contribution in [2.24, 2.45) is 0 Å². The van der Waals surface area contributed by atoms with Crippen molar-refractivity contribution in [1.82, 2.24) is 19.7 Å². The zero-order chi connectivity index (χ0) is 17.8. The van der Waals surface area contributed by atoms with Gasteiger partial charge in [-0.3, -0.25) is 9.69 Å². The van der Waals surface area contributed by atoms with Gasteiger partial charge >= 0.3 is 0 Å². The van der Waals surface area contributed by atoms with Crippen LogP contribution in [0.2, 0.25) is 0 Å². The summed E-state index contributed by atoms with van der Waals surface area (Å²) in [5.74, 6) is 1.09. The van der Waals surface area contributed by atoms with Gasteiger partial charge in [-0.1, -0.05) is 6.07 Å². The van der Waals surface area contributed by atoms with Crippen molar-refractivity contribution in [3.63, 3.8) is 0 Å². The van der Waals surface area contributed by atoms with Crippen LogP contribution in [-0.4, -0.2) is 25.7 Å².